The zero-order valence-corrected chi connectivity index (χ0v) is 22.5. The molecule has 1 amide bonds. The number of anilines is 2. The van der Waals surface area contributed by atoms with E-state index in [-0.39, 0.29) is 18.3 Å². The van der Waals surface area contributed by atoms with Crippen molar-refractivity contribution in [2.75, 3.05) is 17.7 Å². The highest BCUT2D eigenvalue weighted by Gasteiger charge is 2.34. The van der Waals surface area contributed by atoms with Crippen molar-refractivity contribution in [2.24, 2.45) is 0 Å². The molecule has 0 saturated heterocycles. The highest BCUT2D eigenvalue weighted by Crippen LogP contribution is 2.43. The molecule has 0 fully saturated rings. The Morgan fingerprint density at radius 2 is 1.92 bits per heavy atom. The summed E-state index contributed by atoms with van der Waals surface area (Å²) in [5.74, 6) is 0.721. The number of nitrogens with zero attached hydrogens (tertiary/aromatic N) is 3. The Bertz CT molecular complexity index is 1550. The number of carbonyl (C=O) groups excluding carboxylic acids is 1. The van der Waals surface area contributed by atoms with Crippen molar-refractivity contribution in [1.82, 2.24) is 14.8 Å². The molecule has 2 heterocycles. The SMILES string of the molecule is COc1cc(C2C(C(=O)Nc3ccccc3C)=C(C)Nc3ncnn32)cc(Br)c1OCc1ccccc1F. The van der Waals surface area contributed by atoms with E-state index in [1.165, 1.54) is 19.5 Å². The van der Waals surface area contributed by atoms with Crippen LogP contribution in [-0.2, 0) is 11.4 Å². The summed E-state index contributed by atoms with van der Waals surface area (Å²) in [7, 11) is 1.53. The van der Waals surface area contributed by atoms with Crippen LogP contribution in [0.5, 0.6) is 11.5 Å². The lowest BCUT2D eigenvalue weighted by atomic mass is 9.94. The van der Waals surface area contributed by atoms with Gasteiger partial charge in [0.1, 0.15) is 24.8 Å². The van der Waals surface area contributed by atoms with Gasteiger partial charge in [0.25, 0.3) is 5.91 Å². The second kappa shape index (κ2) is 10.7. The lowest BCUT2D eigenvalue weighted by molar-refractivity contribution is -0.113. The topological polar surface area (TPSA) is 90.3 Å². The maximum Gasteiger partial charge on any atom is 0.255 e. The van der Waals surface area contributed by atoms with Gasteiger partial charge in [-0.05, 0) is 65.2 Å². The Balaban J connectivity index is 1.53. The van der Waals surface area contributed by atoms with E-state index in [0.717, 1.165) is 16.8 Å². The number of ether oxygens (including phenoxy) is 2. The summed E-state index contributed by atoms with van der Waals surface area (Å²) in [6, 6.07) is 17.0. The normalized spacial score (nSPS) is 14.5. The van der Waals surface area contributed by atoms with Crippen molar-refractivity contribution in [3.63, 3.8) is 0 Å². The summed E-state index contributed by atoms with van der Waals surface area (Å²) in [6.45, 7) is 3.78. The smallest absolute Gasteiger partial charge is 0.255 e. The van der Waals surface area contributed by atoms with E-state index >= 15 is 0 Å². The molecule has 1 aromatic heterocycles. The molecule has 10 heteroatoms. The standard InChI is InChI=1S/C28H25BrFN5O3/c1-16-8-4-7-11-22(16)34-27(36)24-17(2)33-28-31-15-32-35(28)25(24)19-12-20(29)26(23(13-19)37-3)38-14-18-9-5-6-10-21(18)30/h4-13,15,25H,14H2,1-3H3,(H,34,36)(H,31,32,33). The first-order valence-electron chi connectivity index (χ1n) is 11.8. The molecular formula is C28H25BrFN5O3. The van der Waals surface area contributed by atoms with E-state index in [0.29, 0.717) is 38.8 Å². The van der Waals surface area contributed by atoms with Crippen LogP contribution in [0.2, 0.25) is 0 Å². The number of rotatable bonds is 7. The number of fused-ring (bicyclic) bond motifs is 1. The number of carbonyl (C=O) groups is 1. The summed E-state index contributed by atoms with van der Waals surface area (Å²) in [6.07, 6.45) is 1.43. The molecule has 0 saturated carbocycles. The Morgan fingerprint density at radius 1 is 1.16 bits per heavy atom. The maximum atomic E-state index is 14.1. The van der Waals surface area contributed by atoms with Gasteiger partial charge in [-0.2, -0.15) is 10.1 Å². The number of aryl methyl sites for hydroxylation is 1. The zero-order valence-electron chi connectivity index (χ0n) is 21.0. The van der Waals surface area contributed by atoms with Gasteiger partial charge in [-0.3, -0.25) is 4.79 Å². The molecule has 2 N–H and O–H groups in total. The quantitative estimate of drug-likeness (QED) is 0.280. The first-order chi connectivity index (χ1) is 18.4. The molecule has 194 valence electrons. The van der Waals surface area contributed by atoms with Crippen LogP contribution in [0.4, 0.5) is 16.0 Å². The fourth-order valence-corrected chi connectivity index (χ4v) is 4.97. The molecule has 0 bridgehead atoms. The Hall–Kier alpha value is -4.18. The van der Waals surface area contributed by atoms with Crippen LogP contribution in [0.1, 0.15) is 29.7 Å². The molecule has 38 heavy (non-hydrogen) atoms. The van der Waals surface area contributed by atoms with E-state index in [4.69, 9.17) is 9.47 Å². The van der Waals surface area contributed by atoms with Gasteiger partial charge in [-0.1, -0.05) is 36.4 Å². The number of aromatic nitrogens is 3. The average molecular weight is 578 g/mol. The van der Waals surface area contributed by atoms with Crippen LogP contribution >= 0.6 is 15.9 Å². The van der Waals surface area contributed by atoms with Gasteiger partial charge in [0.2, 0.25) is 5.95 Å². The fraction of sp³-hybridized carbons (Fsp3) is 0.179. The van der Waals surface area contributed by atoms with Crippen LogP contribution in [0.3, 0.4) is 0 Å². The molecule has 8 nitrogen and oxygen atoms in total. The van der Waals surface area contributed by atoms with Crippen LogP contribution in [0, 0.1) is 12.7 Å². The lowest BCUT2D eigenvalue weighted by Crippen LogP contribution is -2.31. The monoisotopic (exact) mass is 577 g/mol. The summed E-state index contributed by atoms with van der Waals surface area (Å²) < 4.78 is 28.0. The van der Waals surface area contributed by atoms with Gasteiger partial charge in [0.15, 0.2) is 11.5 Å². The van der Waals surface area contributed by atoms with E-state index < -0.39 is 6.04 Å². The molecule has 1 aliphatic rings. The number of methoxy groups -OCH3 is 1. The third-order valence-electron chi connectivity index (χ3n) is 6.33. The second-order valence-corrected chi connectivity index (χ2v) is 9.63. The number of nitrogens with one attached hydrogen (secondary N) is 2. The molecule has 1 aliphatic heterocycles. The number of benzene rings is 3. The predicted molar refractivity (Wildman–Crippen MR) is 146 cm³/mol. The average Bonchev–Trinajstić information content (AvgIpc) is 3.37. The van der Waals surface area contributed by atoms with E-state index in [9.17, 15) is 9.18 Å². The first kappa shape index (κ1) is 25.5. The van der Waals surface area contributed by atoms with Crippen molar-refractivity contribution in [2.45, 2.75) is 26.5 Å². The Morgan fingerprint density at radius 3 is 2.68 bits per heavy atom. The van der Waals surface area contributed by atoms with Gasteiger partial charge < -0.3 is 20.1 Å². The minimum absolute atomic E-state index is 0.0185. The van der Waals surface area contributed by atoms with E-state index in [1.807, 2.05) is 44.2 Å². The largest absolute Gasteiger partial charge is 0.493 e. The molecule has 5 rings (SSSR count). The molecule has 0 aliphatic carbocycles. The Labute approximate surface area is 227 Å². The number of hydrogen-bond donors (Lipinski definition) is 2. The number of halogens is 2. The molecule has 3 aromatic carbocycles. The van der Waals surface area contributed by atoms with Gasteiger partial charge in [-0.15, -0.1) is 0 Å². The Kier molecular flexibility index (Phi) is 7.15. The summed E-state index contributed by atoms with van der Waals surface area (Å²) in [5.41, 5.74) is 3.93. The number of amides is 1. The minimum Gasteiger partial charge on any atom is -0.493 e. The summed E-state index contributed by atoms with van der Waals surface area (Å²) in [4.78, 5) is 18.0. The maximum absolute atomic E-state index is 14.1. The third-order valence-corrected chi connectivity index (χ3v) is 6.92. The van der Waals surface area contributed by atoms with Crippen LogP contribution in [0.25, 0.3) is 0 Å². The minimum atomic E-state index is -0.608. The van der Waals surface area contributed by atoms with Gasteiger partial charge in [0.05, 0.1) is 17.2 Å². The summed E-state index contributed by atoms with van der Waals surface area (Å²) >= 11 is 3.59. The van der Waals surface area contributed by atoms with Gasteiger partial charge >= 0.3 is 0 Å². The van der Waals surface area contributed by atoms with E-state index in [2.05, 4.69) is 36.6 Å². The highest BCUT2D eigenvalue weighted by molar-refractivity contribution is 9.10. The number of para-hydroxylation sites is 1. The molecule has 0 spiro atoms. The van der Waals surface area contributed by atoms with Crippen molar-refractivity contribution >= 4 is 33.5 Å². The van der Waals surface area contributed by atoms with Crippen LogP contribution in [0.15, 0.2) is 82.7 Å². The molecule has 1 atom stereocenters. The number of allylic oxidation sites excluding steroid dienone is 1. The van der Waals surface area contributed by atoms with Gasteiger partial charge in [-0.25, -0.2) is 9.07 Å². The first-order valence-corrected chi connectivity index (χ1v) is 12.6. The van der Waals surface area contributed by atoms with Crippen molar-refractivity contribution < 1.29 is 18.7 Å². The summed E-state index contributed by atoms with van der Waals surface area (Å²) in [5, 5.41) is 10.6. The van der Waals surface area contributed by atoms with Crippen LogP contribution < -0.4 is 20.1 Å². The highest BCUT2D eigenvalue weighted by atomic mass is 79.9. The molecule has 1 unspecified atom stereocenters. The van der Waals surface area contributed by atoms with E-state index in [1.54, 1.807) is 28.9 Å². The zero-order chi connectivity index (χ0) is 26.8. The second-order valence-electron chi connectivity index (χ2n) is 8.78. The molecule has 4 aromatic rings. The van der Waals surface area contributed by atoms with Gasteiger partial charge in [0, 0.05) is 16.9 Å². The number of hydrogen-bond acceptors (Lipinski definition) is 6. The van der Waals surface area contributed by atoms with Crippen LogP contribution in [-0.4, -0.2) is 27.8 Å². The lowest BCUT2D eigenvalue weighted by Gasteiger charge is -2.29. The fourth-order valence-electron chi connectivity index (χ4n) is 4.40. The van der Waals surface area contributed by atoms with Crippen molar-refractivity contribution in [3.8, 4) is 11.5 Å². The third kappa shape index (κ3) is 4.87. The van der Waals surface area contributed by atoms with Crippen molar-refractivity contribution in [1.29, 1.82) is 0 Å². The predicted octanol–water partition coefficient (Wildman–Crippen LogP) is 6.00. The van der Waals surface area contributed by atoms with Crippen molar-refractivity contribution in [3.05, 3.63) is 105 Å². The molecular weight excluding hydrogens is 553 g/mol. The molecule has 0 radical (unpaired) electrons.